The summed E-state index contributed by atoms with van der Waals surface area (Å²) in [5.74, 6) is 0.315. The van der Waals surface area contributed by atoms with Crippen molar-refractivity contribution < 1.29 is 4.79 Å². The number of rotatable bonds is 6. The highest BCUT2D eigenvalue weighted by Crippen LogP contribution is 2.29. The molecule has 0 radical (unpaired) electrons. The minimum atomic E-state index is -0.135. The van der Waals surface area contributed by atoms with Gasteiger partial charge >= 0.3 is 0 Å². The first kappa shape index (κ1) is 18.1. The zero-order valence-electron chi connectivity index (χ0n) is 14.5. The molecule has 5 nitrogen and oxygen atoms in total. The van der Waals surface area contributed by atoms with Gasteiger partial charge in [0.2, 0.25) is 5.91 Å². The minimum absolute atomic E-state index is 0.0233. The van der Waals surface area contributed by atoms with Gasteiger partial charge in [0.15, 0.2) is 4.34 Å². The Kier molecular flexibility index (Phi) is 5.47. The maximum absolute atomic E-state index is 12.3. The number of carbonyl (C=O) groups excluding carboxylic acids is 1. The van der Waals surface area contributed by atoms with Crippen molar-refractivity contribution in [3.05, 3.63) is 59.2 Å². The van der Waals surface area contributed by atoms with Crippen LogP contribution in [0.2, 0.25) is 0 Å². The van der Waals surface area contributed by atoms with Crippen molar-refractivity contribution in [1.29, 1.82) is 0 Å². The number of hydrogen-bond acceptors (Lipinski definition) is 7. The van der Waals surface area contributed by atoms with Crippen LogP contribution >= 0.6 is 34.4 Å². The molecule has 4 rings (SSSR count). The summed E-state index contributed by atoms with van der Waals surface area (Å²) >= 11 is 4.62. The summed E-state index contributed by atoms with van der Waals surface area (Å²) in [4.78, 5) is 25.6. The van der Waals surface area contributed by atoms with Crippen LogP contribution in [-0.4, -0.2) is 26.6 Å². The average molecular weight is 413 g/mol. The molecule has 0 spiro atoms. The summed E-state index contributed by atoms with van der Waals surface area (Å²) in [6.45, 7) is 1.95. The molecular weight excluding hydrogens is 396 g/mol. The molecule has 8 heteroatoms. The maximum Gasteiger partial charge on any atom is 0.231 e. The van der Waals surface area contributed by atoms with E-state index in [1.54, 1.807) is 35.1 Å². The lowest BCUT2D eigenvalue weighted by molar-refractivity contribution is -0.119. The Balaban J connectivity index is 1.34. The first-order valence-corrected chi connectivity index (χ1v) is 11.0. The number of thiazole rings is 2. The van der Waals surface area contributed by atoms with Gasteiger partial charge in [-0.15, -0.1) is 22.7 Å². The number of hydrogen-bond donors (Lipinski definition) is 1. The second-order valence-corrected chi connectivity index (χ2v) is 8.98. The molecule has 0 saturated carbocycles. The SMILES string of the molecule is CC(NC(=O)CSc1nc2ccccc2s1)c1nc(-c2cccnc2)cs1. The van der Waals surface area contributed by atoms with Crippen LogP contribution in [0, 0.1) is 0 Å². The molecule has 3 aromatic heterocycles. The van der Waals surface area contributed by atoms with E-state index in [1.807, 2.05) is 48.7 Å². The van der Waals surface area contributed by atoms with Crippen molar-refractivity contribution in [3.8, 4) is 11.3 Å². The largest absolute Gasteiger partial charge is 0.346 e. The quantitative estimate of drug-likeness (QED) is 0.462. The Hall–Kier alpha value is -2.29. The number of nitrogens with zero attached hydrogens (tertiary/aromatic N) is 3. The fourth-order valence-corrected chi connectivity index (χ4v) is 5.23. The predicted octanol–water partition coefficient (Wildman–Crippen LogP) is 4.78. The number of carbonyl (C=O) groups is 1. The van der Waals surface area contributed by atoms with Crippen LogP contribution in [0.4, 0.5) is 0 Å². The molecule has 0 aliphatic heterocycles. The highest BCUT2D eigenvalue weighted by Gasteiger charge is 2.15. The number of para-hydroxylation sites is 1. The van der Waals surface area contributed by atoms with Crippen molar-refractivity contribution in [2.75, 3.05) is 5.75 Å². The van der Waals surface area contributed by atoms with E-state index in [2.05, 4.69) is 20.3 Å². The van der Waals surface area contributed by atoms with E-state index >= 15 is 0 Å². The van der Waals surface area contributed by atoms with Crippen LogP contribution in [-0.2, 0) is 4.79 Å². The molecule has 0 aliphatic carbocycles. The average Bonchev–Trinajstić information content (AvgIpc) is 3.34. The van der Waals surface area contributed by atoms with E-state index in [-0.39, 0.29) is 11.9 Å². The van der Waals surface area contributed by atoms with Crippen molar-refractivity contribution in [3.63, 3.8) is 0 Å². The van der Waals surface area contributed by atoms with Crippen molar-refractivity contribution in [2.24, 2.45) is 0 Å². The normalized spacial score (nSPS) is 12.2. The molecule has 1 atom stereocenters. The van der Waals surface area contributed by atoms with Crippen molar-refractivity contribution in [1.82, 2.24) is 20.3 Å². The third-order valence-corrected chi connectivity index (χ3v) is 7.03. The van der Waals surface area contributed by atoms with E-state index in [0.29, 0.717) is 5.75 Å². The van der Waals surface area contributed by atoms with Gasteiger partial charge in [-0.3, -0.25) is 9.78 Å². The summed E-state index contributed by atoms with van der Waals surface area (Å²) in [5.41, 5.74) is 2.84. The van der Waals surface area contributed by atoms with Gasteiger partial charge < -0.3 is 5.32 Å². The predicted molar refractivity (Wildman–Crippen MR) is 112 cm³/mol. The van der Waals surface area contributed by atoms with Crippen LogP contribution in [0.5, 0.6) is 0 Å². The molecular formula is C19H16N4OS3. The highest BCUT2D eigenvalue weighted by atomic mass is 32.2. The molecule has 1 amide bonds. The third kappa shape index (κ3) is 4.35. The summed E-state index contributed by atoms with van der Waals surface area (Å²) in [7, 11) is 0. The molecule has 0 saturated heterocycles. The van der Waals surface area contributed by atoms with Gasteiger partial charge in [-0.25, -0.2) is 9.97 Å². The fraction of sp³-hybridized carbons (Fsp3) is 0.158. The van der Waals surface area contributed by atoms with Gasteiger partial charge in [-0.2, -0.15) is 0 Å². The summed E-state index contributed by atoms with van der Waals surface area (Å²) in [5, 5.41) is 5.89. The smallest absolute Gasteiger partial charge is 0.231 e. The van der Waals surface area contributed by atoms with Gasteiger partial charge in [-0.05, 0) is 31.2 Å². The minimum Gasteiger partial charge on any atom is -0.346 e. The number of thioether (sulfide) groups is 1. The molecule has 0 aliphatic rings. The number of amides is 1. The molecule has 4 aromatic rings. The topological polar surface area (TPSA) is 67.8 Å². The molecule has 136 valence electrons. The van der Waals surface area contributed by atoms with E-state index < -0.39 is 0 Å². The van der Waals surface area contributed by atoms with E-state index in [1.165, 1.54) is 11.8 Å². The number of nitrogens with one attached hydrogen (secondary N) is 1. The van der Waals surface area contributed by atoms with Crippen molar-refractivity contribution in [2.45, 2.75) is 17.3 Å². The van der Waals surface area contributed by atoms with Crippen molar-refractivity contribution >= 4 is 50.6 Å². The van der Waals surface area contributed by atoms with Crippen LogP contribution in [0.15, 0.2) is 58.5 Å². The Morgan fingerprint density at radius 1 is 1.22 bits per heavy atom. The Bertz CT molecular complexity index is 1030. The number of fused-ring (bicyclic) bond motifs is 1. The standard InChI is InChI=1S/C19H16N4OS3/c1-12(18-22-15(10-25-18)13-5-4-8-20-9-13)21-17(24)11-26-19-23-14-6-2-3-7-16(14)27-19/h2-10,12H,11H2,1H3,(H,21,24). The Labute approximate surface area is 168 Å². The van der Waals surface area contributed by atoms with Crippen LogP contribution < -0.4 is 5.32 Å². The summed E-state index contributed by atoms with van der Waals surface area (Å²) < 4.78 is 2.05. The number of benzene rings is 1. The maximum atomic E-state index is 12.3. The fourth-order valence-electron chi connectivity index (χ4n) is 2.52. The molecule has 0 bridgehead atoms. The molecule has 0 fully saturated rings. The van der Waals surface area contributed by atoms with Gasteiger partial charge in [0, 0.05) is 23.3 Å². The first-order chi connectivity index (χ1) is 13.2. The van der Waals surface area contributed by atoms with Gasteiger partial charge in [0.25, 0.3) is 0 Å². The Morgan fingerprint density at radius 3 is 2.93 bits per heavy atom. The van der Waals surface area contributed by atoms with E-state index in [0.717, 1.165) is 30.8 Å². The number of aromatic nitrogens is 3. The van der Waals surface area contributed by atoms with Crippen LogP contribution in [0.25, 0.3) is 21.5 Å². The Morgan fingerprint density at radius 2 is 2.11 bits per heavy atom. The van der Waals surface area contributed by atoms with Crippen LogP contribution in [0.1, 0.15) is 18.0 Å². The van der Waals surface area contributed by atoms with Gasteiger partial charge in [0.1, 0.15) is 5.01 Å². The summed E-state index contributed by atoms with van der Waals surface area (Å²) in [6, 6.07) is 11.7. The lowest BCUT2D eigenvalue weighted by Gasteiger charge is -2.10. The van der Waals surface area contributed by atoms with Gasteiger partial charge in [0.05, 0.1) is 27.7 Å². The second-order valence-electron chi connectivity index (χ2n) is 5.84. The molecule has 1 unspecified atom stereocenters. The zero-order valence-corrected chi connectivity index (χ0v) is 16.9. The van der Waals surface area contributed by atoms with Gasteiger partial charge in [-0.1, -0.05) is 23.9 Å². The summed E-state index contributed by atoms with van der Waals surface area (Å²) in [6.07, 6.45) is 3.53. The number of pyridine rings is 1. The molecule has 27 heavy (non-hydrogen) atoms. The second kappa shape index (κ2) is 8.16. The lowest BCUT2D eigenvalue weighted by Crippen LogP contribution is -2.28. The molecule has 1 N–H and O–H groups in total. The zero-order chi connectivity index (χ0) is 18.6. The van der Waals surface area contributed by atoms with E-state index in [9.17, 15) is 4.79 Å². The third-order valence-electron chi connectivity index (χ3n) is 3.83. The lowest BCUT2D eigenvalue weighted by atomic mass is 10.2. The van der Waals surface area contributed by atoms with Crippen LogP contribution in [0.3, 0.4) is 0 Å². The monoisotopic (exact) mass is 412 g/mol. The molecule has 1 aromatic carbocycles. The highest BCUT2D eigenvalue weighted by molar-refractivity contribution is 8.01. The molecule has 3 heterocycles. The first-order valence-electron chi connectivity index (χ1n) is 8.32. The van der Waals surface area contributed by atoms with E-state index in [4.69, 9.17) is 0 Å².